The van der Waals surface area contributed by atoms with Crippen molar-refractivity contribution < 1.29 is 10.2 Å². The van der Waals surface area contributed by atoms with Crippen molar-refractivity contribution in [2.24, 2.45) is 0 Å². The van der Waals surface area contributed by atoms with Gasteiger partial charge in [0.2, 0.25) is 0 Å². The number of hydrogen-bond donors (Lipinski definition) is 3. The summed E-state index contributed by atoms with van der Waals surface area (Å²) < 4.78 is 0. The number of phenols is 1. The van der Waals surface area contributed by atoms with Crippen LogP contribution in [0.4, 0.5) is 5.69 Å². The van der Waals surface area contributed by atoms with Gasteiger partial charge >= 0.3 is 0 Å². The summed E-state index contributed by atoms with van der Waals surface area (Å²) in [5.74, 6) is 0.170. The molecule has 0 bridgehead atoms. The first-order valence-corrected chi connectivity index (χ1v) is 4.14. The number of fused-ring (bicyclic) bond motifs is 1. The van der Waals surface area contributed by atoms with Crippen molar-refractivity contribution in [1.82, 2.24) is 0 Å². The molecule has 1 aromatic carbocycles. The Labute approximate surface area is 76.3 Å². The minimum atomic E-state index is -0.708. The van der Waals surface area contributed by atoms with Crippen LogP contribution in [0.3, 0.4) is 0 Å². The van der Waals surface area contributed by atoms with Crippen LogP contribution in [-0.2, 0) is 0 Å². The lowest BCUT2D eigenvalue weighted by molar-refractivity contribution is 0.251. The van der Waals surface area contributed by atoms with Gasteiger partial charge in [-0.15, -0.1) is 0 Å². The van der Waals surface area contributed by atoms with Crippen molar-refractivity contribution in [3.05, 3.63) is 29.3 Å². The van der Waals surface area contributed by atoms with Gasteiger partial charge in [0.1, 0.15) is 12.0 Å². The zero-order chi connectivity index (χ0) is 9.42. The molecule has 0 saturated carbocycles. The van der Waals surface area contributed by atoms with Crippen LogP contribution in [0.25, 0.3) is 6.08 Å². The van der Waals surface area contributed by atoms with E-state index in [2.05, 4.69) is 5.32 Å². The molecule has 0 aromatic heterocycles. The Morgan fingerprint density at radius 1 is 1.38 bits per heavy atom. The summed E-state index contributed by atoms with van der Waals surface area (Å²) >= 11 is 0. The second kappa shape index (κ2) is 2.78. The summed E-state index contributed by atoms with van der Waals surface area (Å²) in [6.07, 6.45) is 2.75. The van der Waals surface area contributed by atoms with Crippen LogP contribution in [0.5, 0.6) is 5.75 Å². The van der Waals surface area contributed by atoms with Crippen LogP contribution in [0.1, 0.15) is 11.1 Å². The van der Waals surface area contributed by atoms with Crippen LogP contribution in [0.2, 0.25) is 0 Å². The zero-order valence-electron chi connectivity index (χ0n) is 7.28. The van der Waals surface area contributed by atoms with Crippen molar-refractivity contribution in [2.75, 3.05) is 5.32 Å². The molecular weight excluding hydrogens is 166 g/mol. The first kappa shape index (κ1) is 8.13. The maximum absolute atomic E-state index is 9.49. The number of aryl methyl sites for hydroxylation is 1. The highest BCUT2D eigenvalue weighted by atomic mass is 16.3. The fourth-order valence-corrected chi connectivity index (χ4v) is 1.46. The fraction of sp³-hybridized carbons (Fsp3) is 0.200. The molecule has 1 unspecified atom stereocenters. The highest BCUT2D eigenvalue weighted by Crippen LogP contribution is 2.33. The number of nitrogens with one attached hydrogen (secondary N) is 1. The predicted octanol–water partition coefficient (Wildman–Crippen LogP) is 1.46. The number of benzene rings is 1. The molecule has 1 aliphatic heterocycles. The van der Waals surface area contributed by atoms with E-state index in [4.69, 9.17) is 0 Å². The third-order valence-corrected chi connectivity index (χ3v) is 2.18. The molecule has 1 aliphatic rings. The number of aliphatic hydroxyl groups is 1. The average molecular weight is 177 g/mol. The minimum absolute atomic E-state index is 0.170. The van der Waals surface area contributed by atoms with Gasteiger partial charge in [-0.2, -0.15) is 0 Å². The lowest BCUT2D eigenvalue weighted by Gasteiger charge is -2.20. The monoisotopic (exact) mass is 177 g/mol. The van der Waals surface area contributed by atoms with Gasteiger partial charge < -0.3 is 15.5 Å². The van der Waals surface area contributed by atoms with Gasteiger partial charge in [-0.25, -0.2) is 0 Å². The molecule has 0 amide bonds. The highest BCUT2D eigenvalue weighted by Gasteiger charge is 2.14. The van der Waals surface area contributed by atoms with Crippen LogP contribution >= 0.6 is 0 Å². The third kappa shape index (κ3) is 1.27. The molecule has 3 heteroatoms. The Kier molecular flexibility index (Phi) is 1.74. The number of aromatic hydroxyl groups is 1. The van der Waals surface area contributed by atoms with Gasteiger partial charge in [0, 0.05) is 5.56 Å². The molecule has 3 nitrogen and oxygen atoms in total. The largest absolute Gasteiger partial charge is 0.506 e. The van der Waals surface area contributed by atoms with Crippen LogP contribution < -0.4 is 5.32 Å². The fourth-order valence-electron chi connectivity index (χ4n) is 1.46. The summed E-state index contributed by atoms with van der Waals surface area (Å²) in [4.78, 5) is 0. The smallest absolute Gasteiger partial charge is 0.144 e. The Hall–Kier alpha value is -1.48. The van der Waals surface area contributed by atoms with E-state index in [0.29, 0.717) is 5.69 Å². The molecule has 0 fully saturated rings. The standard InChI is InChI=1S/C10H11NO2/c1-6-2-4-8(12)10-7(6)3-5-9(13)11-10/h2-5,9,11-13H,1H3. The first-order chi connectivity index (χ1) is 6.18. The van der Waals surface area contributed by atoms with Gasteiger partial charge in [-0.1, -0.05) is 12.1 Å². The molecule has 0 radical (unpaired) electrons. The summed E-state index contributed by atoms with van der Waals surface area (Å²) in [5, 5.41) is 21.5. The molecule has 0 aliphatic carbocycles. The maximum atomic E-state index is 9.49. The van der Waals surface area contributed by atoms with Crippen LogP contribution in [-0.4, -0.2) is 16.4 Å². The molecule has 1 aromatic rings. The Bertz CT molecular complexity index is 371. The van der Waals surface area contributed by atoms with Gasteiger partial charge in [0.05, 0.1) is 5.69 Å². The summed E-state index contributed by atoms with van der Waals surface area (Å²) in [7, 11) is 0. The normalized spacial score (nSPS) is 19.4. The van der Waals surface area contributed by atoms with Crippen molar-refractivity contribution in [1.29, 1.82) is 0 Å². The molecular formula is C10H11NO2. The van der Waals surface area contributed by atoms with E-state index < -0.39 is 6.23 Å². The summed E-state index contributed by atoms with van der Waals surface area (Å²) in [5.41, 5.74) is 2.61. The van der Waals surface area contributed by atoms with E-state index >= 15 is 0 Å². The van der Waals surface area contributed by atoms with E-state index in [-0.39, 0.29) is 5.75 Å². The quantitative estimate of drug-likeness (QED) is 0.526. The zero-order valence-corrected chi connectivity index (χ0v) is 7.28. The summed E-state index contributed by atoms with van der Waals surface area (Å²) in [6, 6.07) is 3.46. The molecule has 3 N–H and O–H groups in total. The van der Waals surface area contributed by atoms with Crippen LogP contribution in [0.15, 0.2) is 18.2 Å². The number of anilines is 1. The van der Waals surface area contributed by atoms with Gasteiger partial charge in [-0.05, 0) is 24.6 Å². The van der Waals surface area contributed by atoms with E-state index in [0.717, 1.165) is 11.1 Å². The van der Waals surface area contributed by atoms with Crippen LogP contribution in [0, 0.1) is 6.92 Å². The Morgan fingerprint density at radius 3 is 2.92 bits per heavy atom. The lowest BCUT2D eigenvalue weighted by Crippen LogP contribution is -2.19. The highest BCUT2D eigenvalue weighted by molar-refractivity contribution is 5.77. The first-order valence-electron chi connectivity index (χ1n) is 4.14. The number of phenolic OH excluding ortho intramolecular Hbond substituents is 1. The topological polar surface area (TPSA) is 52.5 Å². The summed E-state index contributed by atoms with van der Waals surface area (Å²) in [6.45, 7) is 1.96. The molecule has 1 heterocycles. The molecule has 2 rings (SSSR count). The average Bonchev–Trinajstić information content (AvgIpc) is 2.12. The second-order valence-electron chi connectivity index (χ2n) is 3.14. The predicted molar refractivity (Wildman–Crippen MR) is 51.5 cm³/mol. The van der Waals surface area contributed by atoms with Crippen molar-refractivity contribution in [3.8, 4) is 5.75 Å². The number of aliphatic hydroxyl groups excluding tert-OH is 1. The molecule has 1 atom stereocenters. The molecule has 13 heavy (non-hydrogen) atoms. The van der Waals surface area contributed by atoms with Crippen molar-refractivity contribution in [2.45, 2.75) is 13.2 Å². The van der Waals surface area contributed by atoms with Crippen molar-refractivity contribution in [3.63, 3.8) is 0 Å². The van der Waals surface area contributed by atoms with E-state index in [1.807, 2.05) is 19.1 Å². The van der Waals surface area contributed by atoms with E-state index in [1.165, 1.54) is 0 Å². The van der Waals surface area contributed by atoms with E-state index in [9.17, 15) is 10.2 Å². The van der Waals surface area contributed by atoms with Gasteiger partial charge in [0.25, 0.3) is 0 Å². The second-order valence-corrected chi connectivity index (χ2v) is 3.14. The Morgan fingerprint density at radius 2 is 2.15 bits per heavy atom. The van der Waals surface area contributed by atoms with Crippen molar-refractivity contribution >= 4 is 11.8 Å². The lowest BCUT2D eigenvalue weighted by atomic mass is 10.0. The SMILES string of the molecule is Cc1ccc(O)c2c1C=CC(O)N2. The van der Waals surface area contributed by atoms with E-state index in [1.54, 1.807) is 12.1 Å². The molecule has 0 spiro atoms. The number of hydrogen-bond acceptors (Lipinski definition) is 3. The third-order valence-electron chi connectivity index (χ3n) is 2.18. The minimum Gasteiger partial charge on any atom is -0.506 e. The number of rotatable bonds is 0. The Balaban J connectivity index is 2.60. The molecule has 0 saturated heterocycles. The molecule has 68 valence electrons. The van der Waals surface area contributed by atoms with Gasteiger partial charge in [-0.3, -0.25) is 0 Å². The maximum Gasteiger partial charge on any atom is 0.144 e. The van der Waals surface area contributed by atoms with Gasteiger partial charge in [0.15, 0.2) is 0 Å².